The molecule has 0 amide bonds. The smallest absolute Gasteiger partial charge is 0.334 e. The number of aliphatic hydroxyl groups is 1. The first-order valence-corrected chi connectivity index (χ1v) is 16.2. The van der Waals surface area contributed by atoms with Gasteiger partial charge in [-0.1, -0.05) is 97.1 Å². The van der Waals surface area contributed by atoms with Crippen molar-refractivity contribution < 1.29 is 14.2 Å². The minimum absolute atomic E-state index is 0.747. The lowest BCUT2D eigenvalue weighted by atomic mass is 9.81. The first-order valence-electron chi connectivity index (χ1n) is 16.2. The molecule has 0 aliphatic carbocycles. The summed E-state index contributed by atoms with van der Waals surface area (Å²) in [5.74, 6) is 0. The van der Waals surface area contributed by atoms with Crippen LogP contribution in [0.1, 0.15) is 27.7 Å². The summed E-state index contributed by atoms with van der Waals surface area (Å²) < 4.78 is 15.6. The van der Waals surface area contributed by atoms with Gasteiger partial charge in [-0.05, 0) is 84.4 Å². The van der Waals surface area contributed by atoms with Crippen LogP contribution in [-0.4, -0.2) is 28.4 Å². The number of hydrogen-bond donors (Lipinski definition) is 1. The molecule has 0 aliphatic rings. The van der Waals surface area contributed by atoms with E-state index in [4.69, 9.17) is 9.07 Å². The number of hydrogen-bond acceptors (Lipinski definition) is 3. The van der Waals surface area contributed by atoms with Gasteiger partial charge in [-0.2, -0.15) is 0 Å². The number of fused-ring (bicyclic) bond motifs is 12. The molecule has 0 bridgehead atoms. The molecule has 7 aromatic carbocycles. The molecule has 0 unspecified atom stereocenters. The minimum Gasteiger partial charge on any atom is -0.456 e. The molecular formula is C42H33BNO3. The van der Waals surface area contributed by atoms with E-state index < -0.39 is 11.2 Å². The van der Waals surface area contributed by atoms with Crippen molar-refractivity contribution in [2.75, 3.05) is 0 Å². The molecule has 47 heavy (non-hydrogen) atoms. The molecule has 9 rings (SSSR count). The Morgan fingerprint density at radius 2 is 1.09 bits per heavy atom. The quantitative estimate of drug-likeness (QED) is 0.197. The van der Waals surface area contributed by atoms with Crippen molar-refractivity contribution >= 4 is 89.0 Å². The van der Waals surface area contributed by atoms with Crippen LogP contribution in [0.15, 0.2) is 126 Å². The lowest BCUT2D eigenvalue weighted by Crippen LogP contribution is -2.49. The monoisotopic (exact) mass is 610 g/mol. The van der Waals surface area contributed by atoms with Gasteiger partial charge in [0.05, 0.1) is 33.3 Å². The van der Waals surface area contributed by atoms with E-state index in [1.165, 1.54) is 32.3 Å². The SMILES string of the molecule is CC(C)(O)C(C)(C)O[B]c1ccc(-n2c3ccc4ccccc4c3c3c4ccccc4ccc32)c2c1oc1c3ccccc3ccc12. The first kappa shape index (κ1) is 28.2. The zero-order chi connectivity index (χ0) is 32.1. The summed E-state index contributed by atoms with van der Waals surface area (Å²) in [4.78, 5) is 0. The lowest BCUT2D eigenvalue weighted by Gasteiger charge is -2.37. The summed E-state index contributed by atoms with van der Waals surface area (Å²) in [6, 6.07) is 43.2. The van der Waals surface area contributed by atoms with Gasteiger partial charge in [0.25, 0.3) is 0 Å². The van der Waals surface area contributed by atoms with Crippen LogP contribution < -0.4 is 5.46 Å². The van der Waals surface area contributed by atoms with Crippen LogP contribution in [0.4, 0.5) is 0 Å². The first-order chi connectivity index (χ1) is 22.7. The van der Waals surface area contributed by atoms with Crippen molar-refractivity contribution in [1.29, 1.82) is 0 Å². The third kappa shape index (κ3) is 4.10. The Morgan fingerprint density at radius 1 is 0.553 bits per heavy atom. The van der Waals surface area contributed by atoms with Gasteiger partial charge in [-0.3, -0.25) is 0 Å². The maximum atomic E-state index is 10.8. The molecule has 0 spiro atoms. The van der Waals surface area contributed by atoms with E-state index in [2.05, 4.69) is 126 Å². The third-order valence-corrected chi connectivity index (χ3v) is 10.3. The second-order valence-electron chi connectivity index (χ2n) is 13.6. The van der Waals surface area contributed by atoms with Gasteiger partial charge in [0, 0.05) is 21.5 Å². The minimum atomic E-state index is -1.05. The van der Waals surface area contributed by atoms with E-state index in [0.29, 0.717) is 0 Å². The average Bonchev–Trinajstić information content (AvgIpc) is 3.64. The topological polar surface area (TPSA) is 47.5 Å². The molecule has 4 nitrogen and oxygen atoms in total. The molecule has 0 aliphatic heterocycles. The van der Waals surface area contributed by atoms with Crippen LogP contribution in [0.5, 0.6) is 0 Å². The number of aromatic nitrogens is 1. The zero-order valence-corrected chi connectivity index (χ0v) is 26.8. The molecule has 0 atom stereocenters. The number of furan rings is 1. The lowest BCUT2D eigenvalue weighted by molar-refractivity contribution is -0.0893. The second kappa shape index (κ2) is 9.95. The molecule has 5 heteroatoms. The van der Waals surface area contributed by atoms with Gasteiger partial charge < -0.3 is 18.7 Å². The Bertz CT molecular complexity index is 2620. The Kier molecular flexibility index (Phi) is 5.96. The van der Waals surface area contributed by atoms with Gasteiger partial charge >= 0.3 is 7.48 Å². The molecule has 0 fully saturated rings. The maximum Gasteiger partial charge on any atom is 0.334 e. The van der Waals surface area contributed by atoms with Crippen LogP contribution in [0, 0.1) is 0 Å². The summed E-state index contributed by atoms with van der Waals surface area (Å²) in [7, 11) is 1.74. The molecule has 1 N–H and O–H groups in total. The van der Waals surface area contributed by atoms with E-state index in [9.17, 15) is 5.11 Å². The van der Waals surface area contributed by atoms with Gasteiger partial charge in [0.15, 0.2) is 0 Å². The summed E-state index contributed by atoms with van der Waals surface area (Å²) >= 11 is 0. The van der Waals surface area contributed by atoms with Crippen LogP contribution in [0.25, 0.3) is 81.7 Å². The zero-order valence-electron chi connectivity index (χ0n) is 26.8. The highest BCUT2D eigenvalue weighted by atomic mass is 16.5. The van der Waals surface area contributed by atoms with Crippen molar-refractivity contribution in [3.8, 4) is 5.69 Å². The van der Waals surface area contributed by atoms with Crippen LogP contribution >= 0.6 is 0 Å². The summed E-state index contributed by atoms with van der Waals surface area (Å²) in [5, 5.41) is 22.5. The maximum absolute atomic E-state index is 10.8. The van der Waals surface area contributed by atoms with E-state index in [1.807, 2.05) is 13.8 Å². The van der Waals surface area contributed by atoms with Crippen molar-refractivity contribution in [3.63, 3.8) is 0 Å². The highest BCUT2D eigenvalue weighted by Gasteiger charge is 2.36. The van der Waals surface area contributed by atoms with Crippen LogP contribution in [-0.2, 0) is 4.65 Å². The normalized spacial score (nSPS) is 12.9. The van der Waals surface area contributed by atoms with Gasteiger partial charge in [-0.15, -0.1) is 0 Å². The van der Waals surface area contributed by atoms with Crippen LogP contribution in [0.2, 0.25) is 0 Å². The van der Waals surface area contributed by atoms with Gasteiger partial charge in [0.2, 0.25) is 0 Å². The molecule has 2 heterocycles. The number of rotatable bonds is 5. The highest BCUT2D eigenvalue weighted by Crippen LogP contribution is 2.43. The fourth-order valence-electron chi connectivity index (χ4n) is 7.05. The van der Waals surface area contributed by atoms with Crippen LogP contribution in [0.3, 0.4) is 0 Å². The second-order valence-corrected chi connectivity index (χ2v) is 13.6. The molecule has 9 aromatic rings. The van der Waals surface area contributed by atoms with Crippen molar-refractivity contribution in [2.45, 2.75) is 38.9 Å². The Hall–Kier alpha value is -5.10. The average molecular weight is 611 g/mol. The van der Waals surface area contributed by atoms with Crippen molar-refractivity contribution in [3.05, 3.63) is 121 Å². The van der Waals surface area contributed by atoms with Gasteiger partial charge in [-0.25, -0.2) is 0 Å². The fourth-order valence-corrected chi connectivity index (χ4v) is 7.05. The van der Waals surface area contributed by atoms with Crippen molar-refractivity contribution in [2.24, 2.45) is 0 Å². The number of nitrogens with zero attached hydrogens (tertiary/aromatic N) is 1. The molecule has 2 aromatic heterocycles. The Balaban J connectivity index is 1.42. The largest absolute Gasteiger partial charge is 0.456 e. The fraction of sp³-hybridized carbons (Fsp3) is 0.143. The molecule has 1 radical (unpaired) electrons. The Morgan fingerprint density at radius 3 is 1.68 bits per heavy atom. The van der Waals surface area contributed by atoms with Gasteiger partial charge in [0.1, 0.15) is 11.2 Å². The Labute approximate surface area is 273 Å². The molecular weight excluding hydrogens is 577 g/mol. The van der Waals surface area contributed by atoms with E-state index in [-0.39, 0.29) is 0 Å². The molecule has 0 saturated heterocycles. The third-order valence-electron chi connectivity index (χ3n) is 10.3. The standard InChI is InChI=1S/C42H33BNO3/c1-41(2,45)42(3,4)47-43-32-21-24-35(38-31-20-17-27-13-7-10-16-30(27)39(31)46-40(32)38)44-33-22-18-25-11-5-8-14-28(25)36(33)37-29-15-9-6-12-26(29)19-23-34(37)44/h5-24,45H,1-4H3. The molecule has 227 valence electrons. The predicted molar refractivity (Wildman–Crippen MR) is 197 cm³/mol. The highest BCUT2D eigenvalue weighted by molar-refractivity contribution is 6.52. The summed E-state index contributed by atoms with van der Waals surface area (Å²) in [5.41, 5.74) is 3.85. The summed E-state index contributed by atoms with van der Waals surface area (Å²) in [6.45, 7) is 7.33. The van der Waals surface area contributed by atoms with Crippen molar-refractivity contribution in [1.82, 2.24) is 4.57 Å². The molecule has 0 saturated carbocycles. The van der Waals surface area contributed by atoms with E-state index >= 15 is 0 Å². The van der Waals surface area contributed by atoms with E-state index in [1.54, 1.807) is 21.3 Å². The summed E-state index contributed by atoms with van der Waals surface area (Å²) in [6.07, 6.45) is 0. The van der Waals surface area contributed by atoms with E-state index in [0.717, 1.165) is 54.9 Å². The number of benzene rings is 7. The predicted octanol–water partition coefficient (Wildman–Crippen LogP) is 9.95.